The van der Waals surface area contributed by atoms with Gasteiger partial charge in [0.05, 0.1) is 17.2 Å². The molecular weight excluding hydrogens is 535 g/mol. The summed E-state index contributed by atoms with van der Waals surface area (Å²) in [6.45, 7) is 0.768. The molecule has 1 aromatic carbocycles. The number of aryl methyl sites for hydroxylation is 1. The van der Waals surface area contributed by atoms with Gasteiger partial charge in [-0.05, 0) is 24.3 Å². The third-order valence-corrected chi connectivity index (χ3v) is 5.84. The number of aliphatic imine (C=N–C) groups is 1. The van der Waals surface area contributed by atoms with Crippen LogP contribution in [-0.4, -0.2) is 60.4 Å². The molecule has 1 heterocycles. The molecular formula is C15H22BrIN6O2S. The number of benzene rings is 1. The predicted octanol–water partition coefficient (Wildman–Crippen LogP) is 1.68. The zero-order valence-corrected chi connectivity index (χ0v) is 19.5. The lowest BCUT2D eigenvalue weighted by atomic mass is 10.4. The SMILES string of the molecule is CN=C(NCCS(=O)(=O)c1ccc(Br)cc1)N(C)Cc1ncnn1C.I. The van der Waals surface area contributed by atoms with Crippen LogP contribution in [0.1, 0.15) is 5.82 Å². The molecule has 0 atom stereocenters. The zero-order valence-electron chi connectivity index (χ0n) is 14.8. The first-order valence-electron chi connectivity index (χ1n) is 7.56. The van der Waals surface area contributed by atoms with Gasteiger partial charge in [0.15, 0.2) is 15.8 Å². The maximum Gasteiger partial charge on any atom is 0.193 e. The fourth-order valence-electron chi connectivity index (χ4n) is 2.19. The van der Waals surface area contributed by atoms with E-state index in [1.54, 1.807) is 36.0 Å². The Morgan fingerprint density at radius 3 is 2.54 bits per heavy atom. The Labute approximate surface area is 179 Å². The van der Waals surface area contributed by atoms with E-state index in [9.17, 15) is 8.42 Å². The summed E-state index contributed by atoms with van der Waals surface area (Å²) >= 11 is 3.30. The molecule has 0 fully saturated rings. The van der Waals surface area contributed by atoms with Crippen LogP contribution in [0.15, 0.2) is 45.0 Å². The topological polar surface area (TPSA) is 92.5 Å². The van der Waals surface area contributed by atoms with Gasteiger partial charge in [0.2, 0.25) is 0 Å². The van der Waals surface area contributed by atoms with Gasteiger partial charge in [0.1, 0.15) is 12.2 Å². The molecule has 0 aliphatic rings. The van der Waals surface area contributed by atoms with E-state index in [1.165, 1.54) is 6.33 Å². The first-order chi connectivity index (χ1) is 11.8. The average molecular weight is 557 g/mol. The Balaban J connectivity index is 0.00000338. The highest BCUT2D eigenvalue weighted by Gasteiger charge is 2.15. The minimum atomic E-state index is -3.35. The van der Waals surface area contributed by atoms with Crippen molar-refractivity contribution < 1.29 is 8.42 Å². The maximum atomic E-state index is 12.4. The van der Waals surface area contributed by atoms with Crippen molar-refractivity contribution in [1.82, 2.24) is 25.0 Å². The van der Waals surface area contributed by atoms with Crippen molar-refractivity contribution >= 4 is 55.7 Å². The molecule has 1 aromatic heterocycles. The minimum Gasteiger partial charge on any atom is -0.355 e. The summed E-state index contributed by atoms with van der Waals surface area (Å²) in [7, 11) is 1.98. The highest BCUT2D eigenvalue weighted by Crippen LogP contribution is 2.15. The lowest BCUT2D eigenvalue weighted by Gasteiger charge is -2.21. The summed E-state index contributed by atoms with van der Waals surface area (Å²) in [5.41, 5.74) is 0. The molecule has 0 aliphatic carbocycles. The summed E-state index contributed by atoms with van der Waals surface area (Å²) in [5, 5.41) is 7.09. The van der Waals surface area contributed by atoms with Gasteiger partial charge in [-0.1, -0.05) is 15.9 Å². The number of hydrogen-bond donors (Lipinski definition) is 1. The molecule has 0 amide bonds. The van der Waals surface area contributed by atoms with Crippen molar-refractivity contribution in [2.45, 2.75) is 11.4 Å². The molecule has 2 rings (SSSR count). The molecule has 144 valence electrons. The molecule has 2 aromatic rings. The number of nitrogens with one attached hydrogen (secondary N) is 1. The highest BCUT2D eigenvalue weighted by atomic mass is 127. The summed E-state index contributed by atoms with van der Waals surface area (Å²) in [6.07, 6.45) is 1.49. The van der Waals surface area contributed by atoms with Gasteiger partial charge < -0.3 is 10.2 Å². The molecule has 0 spiro atoms. The van der Waals surface area contributed by atoms with Crippen LogP contribution in [0.4, 0.5) is 0 Å². The molecule has 0 aliphatic heterocycles. The smallest absolute Gasteiger partial charge is 0.193 e. The second-order valence-corrected chi connectivity index (χ2v) is 8.43. The molecule has 11 heteroatoms. The van der Waals surface area contributed by atoms with Crippen molar-refractivity contribution in [3.05, 3.63) is 40.9 Å². The third kappa shape index (κ3) is 6.20. The molecule has 0 radical (unpaired) electrons. The Kier molecular flexibility index (Phi) is 8.96. The Bertz CT molecular complexity index is 838. The number of aromatic nitrogens is 3. The van der Waals surface area contributed by atoms with Crippen LogP contribution in [0.25, 0.3) is 0 Å². The van der Waals surface area contributed by atoms with Crippen LogP contribution in [0.5, 0.6) is 0 Å². The highest BCUT2D eigenvalue weighted by molar-refractivity contribution is 14.0. The van der Waals surface area contributed by atoms with Crippen LogP contribution in [0.3, 0.4) is 0 Å². The number of halogens is 2. The van der Waals surface area contributed by atoms with Crippen molar-refractivity contribution in [1.29, 1.82) is 0 Å². The summed E-state index contributed by atoms with van der Waals surface area (Å²) < 4.78 is 27.2. The Morgan fingerprint density at radius 2 is 2.00 bits per heavy atom. The van der Waals surface area contributed by atoms with E-state index in [0.29, 0.717) is 17.4 Å². The van der Waals surface area contributed by atoms with Crippen molar-refractivity contribution in [3.8, 4) is 0 Å². The van der Waals surface area contributed by atoms with Gasteiger partial charge in [0.25, 0.3) is 0 Å². The summed E-state index contributed by atoms with van der Waals surface area (Å²) in [4.78, 5) is 10.5. The van der Waals surface area contributed by atoms with E-state index in [-0.39, 0.29) is 36.3 Å². The van der Waals surface area contributed by atoms with Gasteiger partial charge in [0, 0.05) is 32.2 Å². The largest absolute Gasteiger partial charge is 0.355 e. The number of nitrogens with zero attached hydrogens (tertiary/aromatic N) is 5. The second kappa shape index (κ2) is 10.2. The third-order valence-electron chi connectivity index (χ3n) is 3.58. The Hall–Kier alpha value is -1.21. The molecule has 26 heavy (non-hydrogen) atoms. The standard InChI is InChI=1S/C15H21BrN6O2S.HI/c1-17-15(21(2)10-14-19-11-20-22(14)3)18-8-9-25(23,24)13-6-4-12(16)5-7-13;/h4-7,11H,8-10H2,1-3H3,(H,17,18);1H. The monoisotopic (exact) mass is 556 g/mol. The van der Waals surface area contributed by atoms with E-state index in [1.807, 2.05) is 19.0 Å². The van der Waals surface area contributed by atoms with Crippen LogP contribution in [-0.2, 0) is 23.4 Å². The van der Waals surface area contributed by atoms with E-state index < -0.39 is 9.84 Å². The molecule has 0 bridgehead atoms. The van der Waals surface area contributed by atoms with Gasteiger partial charge in [-0.2, -0.15) is 5.10 Å². The zero-order chi connectivity index (χ0) is 18.4. The number of rotatable bonds is 6. The lowest BCUT2D eigenvalue weighted by molar-refractivity contribution is 0.450. The molecule has 8 nitrogen and oxygen atoms in total. The summed E-state index contributed by atoms with van der Waals surface area (Å²) in [5.74, 6) is 1.35. The number of guanidine groups is 1. The van der Waals surface area contributed by atoms with E-state index >= 15 is 0 Å². The lowest BCUT2D eigenvalue weighted by Crippen LogP contribution is -2.40. The fourth-order valence-corrected chi connectivity index (χ4v) is 3.61. The van der Waals surface area contributed by atoms with Crippen molar-refractivity contribution in [2.75, 3.05) is 26.4 Å². The van der Waals surface area contributed by atoms with Crippen LogP contribution in [0, 0.1) is 0 Å². The van der Waals surface area contributed by atoms with Crippen LogP contribution in [0.2, 0.25) is 0 Å². The van der Waals surface area contributed by atoms with Crippen LogP contribution < -0.4 is 5.32 Å². The van der Waals surface area contributed by atoms with E-state index in [2.05, 4.69) is 36.3 Å². The normalized spacial score (nSPS) is 11.8. The minimum absolute atomic E-state index is 0. The Morgan fingerprint density at radius 1 is 1.35 bits per heavy atom. The summed E-state index contributed by atoms with van der Waals surface area (Å²) in [6, 6.07) is 6.62. The average Bonchev–Trinajstić information content (AvgIpc) is 2.97. The molecule has 0 saturated heterocycles. The fraction of sp³-hybridized carbons (Fsp3) is 0.400. The molecule has 0 saturated carbocycles. The maximum absolute atomic E-state index is 12.4. The predicted molar refractivity (Wildman–Crippen MR) is 115 cm³/mol. The van der Waals surface area contributed by atoms with Gasteiger partial charge in [-0.3, -0.25) is 9.67 Å². The molecule has 1 N–H and O–H groups in total. The van der Waals surface area contributed by atoms with Gasteiger partial charge in [-0.15, -0.1) is 24.0 Å². The number of sulfone groups is 1. The second-order valence-electron chi connectivity index (χ2n) is 5.40. The van der Waals surface area contributed by atoms with E-state index in [4.69, 9.17) is 0 Å². The van der Waals surface area contributed by atoms with Crippen molar-refractivity contribution in [2.24, 2.45) is 12.0 Å². The number of hydrogen-bond acceptors (Lipinski definition) is 5. The van der Waals surface area contributed by atoms with E-state index in [0.717, 1.165) is 10.3 Å². The van der Waals surface area contributed by atoms with Crippen molar-refractivity contribution in [3.63, 3.8) is 0 Å². The quantitative estimate of drug-likeness (QED) is 0.331. The first kappa shape index (κ1) is 22.8. The first-order valence-corrected chi connectivity index (χ1v) is 10.0. The molecule has 0 unspecified atom stereocenters. The van der Waals surface area contributed by atoms with Gasteiger partial charge in [-0.25, -0.2) is 13.4 Å². The van der Waals surface area contributed by atoms with Gasteiger partial charge >= 0.3 is 0 Å². The van der Waals surface area contributed by atoms with Crippen LogP contribution >= 0.6 is 39.9 Å².